The van der Waals surface area contributed by atoms with Gasteiger partial charge in [-0.25, -0.2) is 9.78 Å². The van der Waals surface area contributed by atoms with Crippen molar-refractivity contribution in [2.24, 2.45) is 0 Å². The minimum absolute atomic E-state index is 0.368. The maximum atomic E-state index is 12.5. The summed E-state index contributed by atoms with van der Waals surface area (Å²) in [5, 5.41) is 6.46. The lowest BCUT2D eigenvalue weighted by molar-refractivity contribution is 0.262. The first-order chi connectivity index (χ1) is 15.1. The minimum Gasteiger partial charge on any atom is -0.496 e. The number of pyridine rings is 1. The summed E-state index contributed by atoms with van der Waals surface area (Å²) in [6.45, 7) is 2.05. The normalized spacial score (nSPS) is 10.5. The van der Waals surface area contributed by atoms with Crippen molar-refractivity contribution >= 4 is 28.3 Å². The number of nitrogens with one attached hydrogen (secondary N) is 2. The SMILES string of the molecule is COc1ccccc1NC(=O)Nc1ccc2nc(-c3cccc(C)c3)cc(OC)c2c1. The first-order valence-electron chi connectivity index (χ1n) is 9.84. The van der Waals surface area contributed by atoms with Crippen molar-refractivity contribution in [3.63, 3.8) is 0 Å². The number of rotatable bonds is 5. The number of aromatic nitrogens is 1. The molecule has 31 heavy (non-hydrogen) atoms. The topological polar surface area (TPSA) is 72.5 Å². The van der Waals surface area contributed by atoms with E-state index < -0.39 is 0 Å². The van der Waals surface area contributed by atoms with Crippen LogP contribution in [-0.4, -0.2) is 25.2 Å². The van der Waals surface area contributed by atoms with Crippen molar-refractivity contribution in [2.75, 3.05) is 24.9 Å². The smallest absolute Gasteiger partial charge is 0.323 e. The van der Waals surface area contributed by atoms with Crippen LogP contribution in [0.1, 0.15) is 5.56 Å². The van der Waals surface area contributed by atoms with Crippen LogP contribution in [0.25, 0.3) is 22.2 Å². The molecular formula is C25H23N3O3. The van der Waals surface area contributed by atoms with Crippen LogP contribution in [0.5, 0.6) is 11.5 Å². The third-order valence-corrected chi connectivity index (χ3v) is 4.92. The number of carbonyl (C=O) groups excluding carboxylic acids is 1. The van der Waals surface area contributed by atoms with Crippen LogP contribution < -0.4 is 20.1 Å². The van der Waals surface area contributed by atoms with Crippen molar-refractivity contribution in [2.45, 2.75) is 6.92 Å². The number of hydrogen-bond donors (Lipinski definition) is 2. The van der Waals surface area contributed by atoms with Gasteiger partial charge in [-0.3, -0.25) is 0 Å². The third kappa shape index (κ3) is 4.43. The van der Waals surface area contributed by atoms with E-state index in [2.05, 4.69) is 29.7 Å². The summed E-state index contributed by atoms with van der Waals surface area (Å²) in [5.41, 5.74) is 5.03. The van der Waals surface area contributed by atoms with E-state index in [9.17, 15) is 4.79 Å². The van der Waals surface area contributed by atoms with E-state index in [-0.39, 0.29) is 6.03 Å². The zero-order chi connectivity index (χ0) is 21.8. The lowest BCUT2D eigenvalue weighted by Crippen LogP contribution is -2.19. The summed E-state index contributed by atoms with van der Waals surface area (Å²) in [7, 11) is 3.19. The number of para-hydroxylation sites is 2. The highest BCUT2D eigenvalue weighted by molar-refractivity contribution is 6.02. The molecule has 0 aliphatic heterocycles. The van der Waals surface area contributed by atoms with Gasteiger partial charge in [-0.15, -0.1) is 0 Å². The van der Waals surface area contributed by atoms with Crippen molar-refractivity contribution in [3.05, 3.63) is 78.4 Å². The first kappa shape index (κ1) is 20.2. The molecule has 0 saturated carbocycles. The molecule has 1 aromatic heterocycles. The van der Waals surface area contributed by atoms with Gasteiger partial charge in [-0.1, -0.05) is 35.9 Å². The maximum absolute atomic E-state index is 12.5. The Balaban J connectivity index is 1.61. The quantitative estimate of drug-likeness (QED) is 0.429. The fourth-order valence-corrected chi connectivity index (χ4v) is 3.43. The van der Waals surface area contributed by atoms with Gasteiger partial charge in [0, 0.05) is 22.7 Å². The summed E-state index contributed by atoms with van der Waals surface area (Å²) in [4.78, 5) is 17.3. The number of benzene rings is 3. The van der Waals surface area contributed by atoms with Crippen molar-refractivity contribution in [3.8, 4) is 22.8 Å². The molecular weight excluding hydrogens is 390 g/mol. The average Bonchev–Trinajstić information content (AvgIpc) is 2.78. The molecule has 0 radical (unpaired) electrons. The van der Waals surface area contributed by atoms with Gasteiger partial charge in [0.2, 0.25) is 0 Å². The van der Waals surface area contributed by atoms with Gasteiger partial charge in [-0.2, -0.15) is 0 Å². The molecule has 0 aliphatic rings. The maximum Gasteiger partial charge on any atom is 0.323 e. The fraction of sp³-hybridized carbons (Fsp3) is 0.120. The molecule has 6 heteroatoms. The van der Waals surface area contributed by atoms with Gasteiger partial charge in [0.15, 0.2) is 0 Å². The zero-order valence-corrected chi connectivity index (χ0v) is 17.6. The number of aryl methyl sites for hydroxylation is 1. The van der Waals surface area contributed by atoms with Crippen LogP contribution in [0.4, 0.5) is 16.2 Å². The number of ether oxygens (including phenoxy) is 2. The highest BCUT2D eigenvalue weighted by Crippen LogP contribution is 2.32. The molecule has 0 saturated heterocycles. The van der Waals surface area contributed by atoms with E-state index in [1.54, 1.807) is 26.4 Å². The number of anilines is 2. The van der Waals surface area contributed by atoms with Crippen LogP contribution >= 0.6 is 0 Å². The molecule has 0 fully saturated rings. The molecule has 0 spiro atoms. The Hall–Kier alpha value is -4.06. The van der Waals surface area contributed by atoms with Crippen molar-refractivity contribution < 1.29 is 14.3 Å². The molecule has 0 atom stereocenters. The van der Waals surface area contributed by atoms with Gasteiger partial charge in [0.25, 0.3) is 0 Å². The van der Waals surface area contributed by atoms with Crippen molar-refractivity contribution in [1.29, 1.82) is 0 Å². The number of methoxy groups -OCH3 is 2. The monoisotopic (exact) mass is 413 g/mol. The number of fused-ring (bicyclic) bond motifs is 1. The summed E-state index contributed by atoms with van der Waals surface area (Å²) >= 11 is 0. The van der Waals surface area contributed by atoms with Crippen LogP contribution in [-0.2, 0) is 0 Å². The van der Waals surface area contributed by atoms with Gasteiger partial charge < -0.3 is 20.1 Å². The van der Waals surface area contributed by atoms with E-state index in [0.29, 0.717) is 22.9 Å². The molecule has 0 aliphatic carbocycles. The highest BCUT2D eigenvalue weighted by Gasteiger charge is 2.11. The Morgan fingerprint density at radius 1 is 0.839 bits per heavy atom. The predicted molar refractivity (Wildman–Crippen MR) is 124 cm³/mol. The molecule has 4 rings (SSSR count). The lowest BCUT2D eigenvalue weighted by atomic mass is 10.1. The largest absolute Gasteiger partial charge is 0.496 e. The second kappa shape index (κ2) is 8.75. The third-order valence-electron chi connectivity index (χ3n) is 4.92. The Morgan fingerprint density at radius 2 is 1.65 bits per heavy atom. The summed E-state index contributed by atoms with van der Waals surface area (Å²) in [5.74, 6) is 1.28. The van der Waals surface area contributed by atoms with Gasteiger partial charge in [0.1, 0.15) is 11.5 Å². The van der Waals surface area contributed by atoms with Crippen molar-refractivity contribution in [1.82, 2.24) is 4.98 Å². The minimum atomic E-state index is -0.368. The molecule has 2 amide bonds. The van der Waals surface area contributed by atoms with E-state index in [4.69, 9.17) is 14.5 Å². The Labute approximate surface area is 180 Å². The van der Waals surface area contributed by atoms with E-state index in [0.717, 1.165) is 22.2 Å². The first-order valence-corrected chi connectivity index (χ1v) is 9.84. The van der Waals surface area contributed by atoms with Gasteiger partial charge >= 0.3 is 6.03 Å². The predicted octanol–water partition coefficient (Wildman–Crippen LogP) is 5.87. The van der Waals surface area contributed by atoms with E-state index in [1.807, 2.05) is 48.5 Å². The Morgan fingerprint density at radius 3 is 2.42 bits per heavy atom. The summed E-state index contributed by atoms with van der Waals surface area (Å²) in [6.07, 6.45) is 0. The number of carbonyl (C=O) groups is 1. The number of amides is 2. The fourth-order valence-electron chi connectivity index (χ4n) is 3.43. The second-order valence-corrected chi connectivity index (χ2v) is 7.09. The van der Waals surface area contributed by atoms with Gasteiger partial charge in [0.05, 0.1) is 31.1 Å². The average molecular weight is 413 g/mol. The molecule has 6 nitrogen and oxygen atoms in total. The molecule has 0 unspecified atom stereocenters. The van der Waals surface area contributed by atoms with E-state index in [1.165, 1.54) is 5.56 Å². The molecule has 2 N–H and O–H groups in total. The van der Waals surface area contributed by atoms with Crippen LogP contribution in [0.15, 0.2) is 72.8 Å². The van der Waals surface area contributed by atoms with Crippen LogP contribution in [0, 0.1) is 6.92 Å². The molecule has 156 valence electrons. The molecule has 4 aromatic rings. The lowest BCUT2D eigenvalue weighted by Gasteiger charge is -2.13. The number of urea groups is 1. The summed E-state index contributed by atoms with van der Waals surface area (Å²) < 4.78 is 10.9. The second-order valence-electron chi connectivity index (χ2n) is 7.09. The molecule has 0 bridgehead atoms. The number of nitrogens with zero attached hydrogens (tertiary/aromatic N) is 1. The number of hydrogen-bond acceptors (Lipinski definition) is 4. The van der Waals surface area contributed by atoms with Crippen LogP contribution in [0.2, 0.25) is 0 Å². The summed E-state index contributed by atoms with van der Waals surface area (Å²) in [6, 6.07) is 22.5. The van der Waals surface area contributed by atoms with Gasteiger partial charge in [-0.05, 0) is 43.3 Å². The van der Waals surface area contributed by atoms with Crippen LogP contribution in [0.3, 0.4) is 0 Å². The zero-order valence-electron chi connectivity index (χ0n) is 17.6. The molecule has 1 heterocycles. The van der Waals surface area contributed by atoms with E-state index >= 15 is 0 Å². The standard InChI is InChI=1S/C25H23N3O3/c1-16-7-6-8-17(13-16)22-15-24(31-3)19-14-18(11-12-20(19)27-22)26-25(29)28-21-9-4-5-10-23(21)30-2/h4-15H,1-3H3,(H2,26,28,29). The Bertz CT molecular complexity index is 1250. The Kier molecular flexibility index (Phi) is 5.71. The highest BCUT2D eigenvalue weighted by atomic mass is 16.5. The molecule has 3 aromatic carbocycles.